The lowest BCUT2D eigenvalue weighted by atomic mass is 10.1. The fourth-order valence-corrected chi connectivity index (χ4v) is 2.91. The maximum absolute atomic E-state index is 6.04. The van der Waals surface area contributed by atoms with Crippen LogP contribution in [0.4, 0.5) is 0 Å². The van der Waals surface area contributed by atoms with Crippen LogP contribution in [0.1, 0.15) is 18.2 Å². The molecule has 1 heterocycles. The fraction of sp³-hybridized carbons (Fsp3) is 0.286. The van der Waals surface area contributed by atoms with Gasteiger partial charge in [-0.25, -0.2) is 0 Å². The minimum atomic E-state index is 0.119. The van der Waals surface area contributed by atoms with Gasteiger partial charge in [-0.2, -0.15) is 0 Å². The Bertz CT molecular complexity index is 536. The minimum absolute atomic E-state index is 0.119. The Morgan fingerprint density at radius 3 is 2.72 bits per heavy atom. The number of aryl methyl sites for hydroxylation is 1. The molecule has 1 unspecified atom stereocenters. The van der Waals surface area contributed by atoms with Gasteiger partial charge in [0.2, 0.25) is 0 Å². The fourth-order valence-electron chi connectivity index (χ4n) is 1.75. The van der Waals surface area contributed by atoms with Gasteiger partial charge in [-0.3, -0.25) is 0 Å². The predicted octanol–water partition coefficient (Wildman–Crippen LogP) is 4.28. The van der Waals surface area contributed by atoms with E-state index in [0.717, 1.165) is 22.1 Å². The van der Waals surface area contributed by atoms with Crippen LogP contribution in [0.5, 0.6) is 0 Å². The van der Waals surface area contributed by atoms with Gasteiger partial charge in [-0.05, 0) is 50.1 Å². The molecule has 0 aliphatic rings. The van der Waals surface area contributed by atoms with Gasteiger partial charge in [0, 0.05) is 16.0 Å². The summed E-state index contributed by atoms with van der Waals surface area (Å²) in [5.41, 5.74) is 7.06. The molecule has 1 atom stereocenters. The molecular formula is C14H16ClNOS. The van der Waals surface area contributed by atoms with E-state index in [2.05, 4.69) is 0 Å². The summed E-state index contributed by atoms with van der Waals surface area (Å²) in [6, 6.07) is 8.03. The van der Waals surface area contributed by atoms with E-state index in [0.29, 0.717) is 0 Å². The average molecular weight is 282 g/mol. The third-order valence-corrected chi connectivity index (χ3v) is 4.09. The summed E-state index contributed by atoms with van der Waals surface area (Å²) in [6.45, 7) is 3.96. The molecule has 0 radical (unpaired) electrons. The van der Waals surface area contributed by atoms with Crippen molar-refractivity contribution in [2.75, 3.05) is 0 Å². The van der Waals surface area contributed by atoms with E-state index in [1.54, 1.807) is 18.0 Å². The molecule has 0 spiro atoms. The van der Waals surface area contributed by atoms with Crippen molar-refractivity contribution >= 4 is 23.4 Å². The van der Waals surface area contributed by atoms with Crippen LogP contribution in [-0.4, -0.2) is 6.04 Å². The van der Waals surface area contributed by atoms with Gasteiger partial charge >= 0.3 is 0 Å². The highest BCUT2D eigenvalue weighted by atomic mass is 35.5. The van der Waals surface area contributed by atoms with Crippen LogP contribution < -0.4 is 5.73 Å². The van der Waals surface area contributed by atoms with Gasteiger partial charge < -0.3 is 10.2 Å². The number of furan rings is 1. The van der Waals surface area contributed by atoms with Crippen molar-refractivity contribution < 1.29 is 4.42 Å². The average Bonchev–Trinajstić information content (AvgIpc) is 2.67. The normalized spacial score (nSPS) is 12.7. The van der Waals surface area contributed by atoms with Crippen LogP contribution in [0.3, 0.4) is 0 Å². The molecule has 18 heavy (non-hydrogen) atoms. The molecule has 1 aromatic heterocycles. The van der Waals surface area contributed by atoms with Gasteiger partial charge in [-0.1, -0.05) is 23.4 Å². The zero-order valence-corrected chi connectivity index (χ0v) is 12.0. The van der Waals surface area contributed by atoms with E-state index in [1.165, 1.54) is 10.5 Å². The summed E-state index contributed by atoms with van der Waals surface area (Å²) in [4.78, 5) is 2.31. The van der Waals surface area contributed by atoms with Gasteiger partial charge in [0.15, 0.2) is 0 Å². The third-order valence-electron chi connectivity index (χ3n) is 2.60. The first-order chi connectivity index (χ1) is 8.56. The molecule has 1 aromatic carbocycles. The number of nitrogens with two attached hydrogens (primary N) is 1. The zero-order chi connectivity index (χ0) is 13.1. The molecule has 0 fully saturated rings. The highest BCUT2D eigenvalue weighted by Crippen LogP contribution is 2.34. The van der Waals surface area contributed by atoms with Crippen molar-refractivity contribution in [3.8, 4) is 0 Å². The molecule has 0 bridgehead atoms. The molecular weight excluding hydrogens is 266 g/mol. The lowest BCUT2D eigenvalue weighted by Gasteiger charge is -2.11. The molecule has 0 aliphatic heterocycles. The van der Waals surface area contributed by atoms with E-state index in [-0.39, 0.29) is 6.04 Å². The van der Waals surface area contributed by atoms with Crippen LogP contribution in [-0.2, 0) is 6.42 Å². The molecule has 2 rings (SSSR count). The Kier molecular flexibility index (Phi) is 4.38. The maximum Gasteiger partial charge on any atom is 0.114 e. The Hall–Kier alpha value is -0.900. The van der Waals surface area contributed by atoms with Crippen LogP contribution in [0.2, 0.25) is 5.02 Å². The van der Waals surface area contributed by atoms with Crippen molar-refractivity contribution in [1.29, 1.82) is 0 Å². The minimum Gasteiger partial charge on any atom is -0.468 e. The summed E-state index contributed by atoms with van der Waals surface area (Å²) >= 11 is 7.74. The number of benzene rings is 1. The smallest absolute Gasteiger partial charge is 0.114 e. The van der Waals surface area contributed by atoms with Gasteiger partial charge in [0.05, 0.1) is 11.2 Å². The molecule has 2 aromatic rings. The molecule has 4 heteroatoms. The van der Waals surface area contributed by atoms with Crippen LogP contribution in [0.25, 0.3) is 0 Å². The number of rotatable bonds is 4. The van der Waals surface area contributed by atoms with E-state index in [9.17, 15) is 0 Å². The summed E-state index contributed by atoms with van der Waals surface area (Å²) < 4.78 is 5.31. The SMILES string of the molecule is Cc1occc1Sc1ccc(Cl)cc1CC(C)N. The van der Waals surface area contributed by atoms with Crippen molar-refractivity contribution in [3.63, 3.8) is 0 Å². The highest BCUT2D eigenvalue weighted by molar-refractivity contribution is 7.99. The maximum atomic E-state index is 6.04. The first-order valence-electron chi connectivity index (χ1n) is 5.82. The molecule has 0 saturated heterocycles. The van der Waals surface area contributed by atoms with Crippen molar-refractivity contribution in [1.82, 2.24) is 0 Å². The predicted molar refractivity (Wildman–Crippen MR) is 76.4 cm³/mol. The monoisotopic (exact) mass is 281 g/mol. The first-order valence-corrected chi connectivity index (χ1v) is 7.01. The molecule has 96 valence electrons. The van der Waals surface area contributed by atoms with E-state index < -0.39 is 0 Å². The quantitative estimate of drug-likeness (QED) is 0.909. The van der Waals surface area contributed by atoms with Crippen molar-refractivity contribution in [2.45, 2.75) is 36.1 Å². The van der Waals surface area contributed by atoms with Gasteiger partial charge in [-0.15, -0.1) is 0 Å². The zero-order valence-electron chi connectivity index (χ0n) is 10.4. The largest absolute Gasteiger partial charge is 0.468 e. The number of halogens is 1. The summed E-state index contributed by atoms with van der Waals surface area (Å²) in [7, 11) is 0. The summed E-state index contributed by atoms with van der Waals surface area (Å²) in [5, 5.41) is 0.749. The van der Waals surface area contributed by atoms with Crippen LogP contribution in [0.15, 0.2) is 44.7 Å². The van der Waals surface area contributed by atoms with Gasteiger partial charge in [0.1, 0.15) is 5.76 Å². The van der Waals surface area contributed by atoms with Crippen molar-refractivity contribution in [3.05, 3.63) is 46.9 Å². The first kappa shape index (κ1) is 13.5. The lowest BCUT2D eigenvalue weighted by Crippen LogP contribution is -2.18. The Morgan fingerprint density at radius 1 is 1.33 bits per heavy atom. The number of hydrogen-bond acceptors (Lipinski definition) is 3. The third kappa shape index (κ3) is 3.31. The second kappa shape index (κ2) is 5.83. The summed E-state index contributed by atoms with van der Waals surface area (Å²) in [5.74, 6) is 0.932. The topological polar surface area (TPSA) is 39.2 Å². The van der Waals surface area contributed by atoms with Gasteiger partial charge in [0.25, 0.3) is 0 Å². The standard InChI is InChI=1S/C14H16ClNOS/c1-9(16)7-11-8-12(15)3-4-14(11)18-13-5-6-17-10(13)2/h3-6,8-9H,7,16H2,1-2H3. The highest BCUT2D eigenvalue weighted by Gasteiger charge is 2.10. The Morgan fingerprint density at radius 2 is 2.11 bits per heavy atom. The molecule has 2 N–H and O–H groups in total. The Labute approximate surface area is 117 Å². The van der Waals surface area contributed by atoms with Crippen molar-refractivity contribution in [2.24, 2.45) is 5.73 Å². The second-order valence-corrected chi connectivity index (χ2v) is 5.90. The molecule has 0 saturated carbocycles. The molecule has 2 nitrogen and oxygen atoms in total. The lowest BCUT2D eigenvalue weighted by molar-refractivity contribution is 0.527. The number of hydrogen-bond donors (Lipinski definition) is 1. The van der Waals surface area contributed by atoms with E-state index in [4.69, 9.17) is 21.8 Å². The molecule has 0 amide bonds. The van der Waals surface area contributed by atoms with Crippen LogP contribution >= 0.6 is 23.4 Å². The van der Waals surface area contributed by atoms with Crippen LogP contribution in [0, 0.1) is 6.92 Å². The molecule has 0 aliphatic carbocycles. The second-order valence-electron chi connectivity index (χ2n) is 4.38. The van der Waals surface area contributed by atoms with E-state index in [1.807, 2.05) is 38.1 Å². The van der Waals surface area contributed by atoms with E-state index >= 15 is 0 Å². The summed E-state index contributed by atoms with van der Waals surface area (Å²) in [6.07, 6.45) is 2.53. The Balaban J connectivity index is 2.29.